The maximum Gasteiger partial charge on any atom is 0.355 e. The minimum Gasteiger partial charge on any atom is -0.507 e. The SMILES string of the molecule is C=CCOC(=O)C1=C(COCOc2cc(CCCCC)cc(O)c2[C@@H]2C=C(C)CC[C@H]2C(=C)C)SC2[C@@H]([C@@H](C)O[Si](C)(C)C(C)(C)C)C(O)N12. The summed E-state index contributed by atoms with van der Waals surface area (Å²) in [4.78, 5) is 15.7. The third-order valence-electron chi connectivity index (χ3n) is 10.9. The van der Waals surface area contributed by atoms with Crippen molar-refractivity contribution in [1.29, 1.82) is 0 Å². The van der Waals surface area contributed by atoms with Crippen molar-refractivity contribution in [2.24, 2.45) is 11.8 Å². The van der Waals surface area contributed by atoms with Gasteiger partial charge in [0.25, 0.3) is 0 Å². The smallest absolute Gasteiger partial charge is 0.355 e. The van der Waals surface area contributed by atoms with Crippen molar-refractivity contribution in [3.05, 3.63) is 70.3 Å². The van der Waals surface area contributed by atoms with E-state index >= 15 is 0 Å². The molecule has 1 aromatic rings. The van der Waals surface area contributed by atoms with Crippen molar-refractivity contribution in [3.63, 3.8) is 0 Å². The molecule has 2 unspecified atom stereocenters. The Hall–Kier alpha value is -2.50. The number of rotatable bonds is 17. The van der Waals surface area contributed by atoms with Gasteiger partial charge in [0.05, 0.1) is 24.0 Å². The maximum atomic E-state index is 13.3. The Morgan fingerprint density at radius 1 is 1.24 bits per heavy atom. The number of hydrogen-bond donors (Lipinski definition) is 2. The lowest BCUT2D eigenvalue weighted by molar-refractivity contribution is -0.167. The number of phenolic OH excluding ortho intramolecular Hbond substituents is 1. The molecule has 4 rings (SSSR count). The molecule has 2 heterocycles. The summed E-state index contributed by atoms with van der Waals surface area (Å²) < 4.78 is 24.6. The van der Waals surface area contributed by atoms with E-state index in [1.165, 1.54) is 23.4 Å². The number of benzene rings is 1. The number of ether oxygens (including phenoxy) is 3. The number of aromatic hydroxyl groups is 1. The Morgan fingerprint density at radius 2 is 1.96 bits per heavy atom. The van der Waals surface area contributed by atoms with Crippen LogP contribution in [0.15, 0.2) is 59.2 Å². The number of phenols is 1. The Labute approximate surface area is 306 Å². The summed E-state index contributed by atoms with van der Waals surface area (Å²) in [6.07, 6.45) is 8.75. The van der Waals surface area contributed by atoms with Crippen LogP contribution in [-0.2, 0) is 25.1 Å². The quantitative estimate of drug-likeness (QED) is 0.0535. The van der Waals surface area contributed by atoms with E-state index < -0.39 is 20.5 Å². The topological polar surface area (TPSA) is 97.7 Å². The number of aryl methyl sites for hydroxylation is 1. The first kappa shape index (κ1) is 40.3. The Morgan fingerprint density at radius 3 is 2.60 bits per heavy atom. The molecule has 3 aliphatic rings. The van der Waals surface area contributed by atoms with Crippen LogP contribution in [0.3, 0.4) is 0 Å². The molecule has 8 nitrogen and oxygen atoms in total. The van der Waals surface area contributed by atoms with Crippen LogP contribution in [-0.4, -0.2) is 67.1 Å². The number of aliphatic hydroxyl groups is 1. The zero-order chi connectivity index (χ0) is 37.0. The Bertz CT molecular complexity index is 1460. The molecule has 6 atom stereocenters. The van der Waals surface area contributed by atoms with Crippen LogP contribution < -0.4 is 4.74 Å². The van der Waals surface area contributed by atoms with Gasteiger partial charge in [0.15, 0.2) is 15.1 Å². The number of allylic oxidation sites excluding steroid dienone is 3. The molecule has 10 heteroatoms. The second-order valence-electron chi connectivity index (χ2n) is 15.8. The van der Waals surface area contributed by atoms with Gasteiger partial charge >= 0.3 is 5.97 Å². The van der Waals surface area contributed by atoms with Crippen LogP contribution in [0.1, 0.15) is 97.6 Å². The van der Waals surface area contributed by atoms with E-state index in [0.717, 1.165) is 55.2 Å². The van der Waals surface area contributed by atoms with Gasteiger partial charge in [0, 0.05) is 16.4 Å². The fourth-order valence-corrected chi connectivity index (χ4v) is 10.1. The third-order valence-corrected chi connectivity index (χ3v) is 16.8. The number of carbonyl (C=O) groups is 1. The molecule has 1 aliphatic carbocycles. The Balaban J connectivity index is 1.54. The van der Waals surface area contributed by atoms with Gasteiger partial charge in [-0.05, 0) is 88.2 Å². The third kappa shape index (κ3) is 8.92. The van der Waals surface area contributed by atoms with Crippen LogP contribution >= 0.6 is 11.8 Å². The molecule has 2 N–H and O–H groups in total. The first-order valence-corrected chi connectivity index (χ1v) is 22.0. The van der Waals surface area contributed by atoms with Gasteiger partial charge in [-0.3, -0.25) is 0 Å². The van der Waals surface area contributed by atoms with Crippen LogP contribution in [0, 0.1) is 11.8 Å². The van der Waals surface area contributed by atoms with E-state index in [4.69, 9.17) is 18.6 Å². The standard InChI is InChI=1S/C40H61NO7SSi/c1-12-14-15-16-28-21-31(42)35(30-20-26(5)17-18-29(30)25(3)4)32(22-28)47-24-45-23-33-36(39(44)46-19-13-2)41-37(43)34(38(41)49-33)27(6)48-50(10,11)40(7,8)9/h13,20-22,27,29-30,34,37-38,42-43H,2-3,12,14-19,23-24H2,1,4-11H3/t27-,29+,30-,34+,37?,38?/m1/s1. The molecule has 278 valence electrons. The lowest BCUT2D eigenvalue weighted by Gasteiger charge is -2.53. The summed E-state index contributed by atoms with van der Waals surface area (Å²) in [5, 5.41) is 22.7. The molecule has 2 aliphatic heterocycles. The normalized spacial score (nSPS) is 24.3. The first-order valence-electron chi connectivity index (χ1n) is 18.2. The second kappa shape index (κ2) is 16.9. The predicted molar refractivity (Wildman–Crippen MR) is 205 cm³/mol. The summed E-state index contributed by atoms with van der Waals surface area (Å²) in [6.45, 7) is 27.4. The Kier molecular flexibility index (Phi) is 13.6. The monoisotopic (exact) mass is 727 g/mol. The van der Waals surface area contributed by atoms with Gasteiger partial charge in [-0.2, -0.15) is 0 Å². The number of fused-ring (bicyclic) bond motifs is 1. The van der Waals surface area contributed by atoms with E-state index in [-0.39, 0.29) is 60.0 Å². The number of aliphatic hydroxyl groups excluding tert-OH is 1. The molecule has 0 spiro atoms. The molecular formula is C40H61NO7SSi. The van der Waals surface area contributed by atoms with Crippen molar-refractivity contribution in [2.45, 2.75) is 129 Å². The van der Waals surface area contributed by atoms with Crippen LogP contribution in [0.2, 0.25) is 18.1 Å². The minimum absolute atomic E-state index is 0.0264. The molecular weight excluding hydrogens is 667 g/mol. The molecule has 1 saturated heterocycles. The van der Waals surface area contributed by atoms with Crippen molar-refractivity contribution in [1.82, 2.24) is 4.90 Å². The van der Waals surface area contributed by atoms with E-state index in [0.29, 0.717) is 16.4 Å². The largest absolute Gasteiger partial charge is 0.507 e. The minimum atomic E-state index is -2.09. The highest BCUT2D eigenvalue weighted by atomic mass is 32.2. The predicted octanol–water partition coefficient (Wildman–Crippen LogP) is 9.17. The van der Waals surface area contributed by atoms with Gasteiger partial charge in [-0.25, -0.2) is 4.79 Å². The van der Waals surface area contributed by atoms with E-state index in [2.05, 4.69) is 73.9 Å². The van der Waals surface area contributed by atoms with Crippen LogP contribution in [0.4, 0.5) is 0 Å². The number of esters is 1. The second-order valence-corrected chi connectivity index (χ2v) is 21.7. The fourth-order valence-electron chi connectivity index (χ4n) is 7.02. The van der Waals surface area contributed by atoms with Crippen molar-refractivity contribution < 1.29 is 33.6 Å². The van der Waals surface area contributed by atoms with Crippen molar-refractivity contribution in [3.8, 4) is 11.5 Å². The van der Waals surface area contributed by atoms with Gasteiger partial charge in [-0.1, -0.05) is 88.8 Å². The maximum absolute atomic E-state index is 13.3. The number of nitrogens with zero attached hydrogens (tertiary/aromatic N) is 1. The van der Waals surface area contributed by atoms with E-state index in [1.807, 2.05) is 19.1 Å². The number of hydrogen-bond acceptors (Lipinski definition) is 9. The average Bonchev–Trinajstić information content (AvgIpc) is 3.35. The fraction of sp³-hybridized carbons (Fsp3) is 0.625. The highest BCUT2D eigenvalue weighted by Gasteiger charge is 2.58. The van der Waals surface area contributed by atoms with Gasteiger partial charge in [-0.15, -0.1) is 0 Å². The summed E-state index contributed by atoms with van der Waals surface area (Å²) in [5.74, 6) is 0.253. The molecule has 0 aromatic heterocycles. The average molecular weight is 728 g/mol. The molecule has 1 aromatic carbocycles. The number of thioether (sulfide) groups is 1. The van der Waals surface area contributed by atoms with E-state index in [9.17, 15) is 15.0 Å². The lowest BCUT2D eigenvalue weighted by Crippen LogP contribution is -2.65. The van der Waals surface area contributed by atoms with Gasteiger partial charge < -0.3 is 33.7 Å². The molecule has 0 radical (unpaired) electrons. The summed E-state index contributed by atoms with van der Waals surface area (Å²) in [6, 6.07) is 3.93. The summed E-state index contributed by atoms with van der Waals surface area (Å²) in [5.41, 5.74) is 4.47. The zero-order valence-corrected chi connectivity index (χ0v) is 33.7. The van der Waals surface area contributed by atoms with Gasteiger partial charge in [0.2, 0.25) is 0 Å². The zero-order valence-electron chi connectivity index (χ0n) is 31.8. The molecule has 50 heavy (non-hydrogen) atoms. The highest BCUT2D eigenvalue weighted by molar-refractivity contribution is 8.04. The lowest BCUT2D eigenvalue weighted by atomic mass is 9.73. The van der Waals surface area contributed by atoms with Crippen LogP contribution in [0.5, 0.6) is 11.5 Å². The van der Waals surface area contributed by atoms with Gasteiger partial charge in [0.1, 0.15) is 30.0 Å². The summed E-state index contributed by atoms with van der Waals surface area (Å²) in [7, 11) is -2.09. The first-order chi connectivity index (χ1) is 23.5. The van der Waals surface area contributed by atoms with Crippen LogP contribution in [0.25, 0.3) is 0 Å². The van der Waals surface area contributed by atoms with Crippen molar-refractivity contribution in [2.75, 3.05) is 20.0 Å². The molecule has 0 amide bonds. The molecule has 1 fully saturated rings. The summed E-state index contributed by atoms with van der Waals surface area (Å²) >= 11 is 1.51. The molecule has 0 bridgehead atoms. The molecule has 0 saturated carbocycles. The highest BCUT2D eigenvalue weighted by Crippen LogP contribution is 2.54. The van der Waals surface area contributed by atoms with E-state index in [1.54, 1.807) is 4.90 Å². The number of unbranched alkanes of at least 4 members (excludes halogenated alkanes) is 2. The van der Waals surface area contributed by atoms with Crippen molar-refractivity contribution >= 4 is 26.0 Å². The number of carbonyl (C=O) groups excluding carboxylic acids is 1.